The number of aliphatic hydroxyl groups excluding tert-OH is 2. The molecule has 2 unspecified atom stereocenters. The zero-order valence-corrected chi connectivity index (χ0v) is 16.3. The zero-order valence-electron chi connectivity index (χ0n) is 14.8. The summed E-state index contributed by atoms with van der Waals surface area (Å²) in [7, 11) is 0. The van der Waals surface area contributed by atoms with E-state index in [4.69, 9.17) is 42.1 Å². The smallest absolute Gasteiger partial charge is 0.185 e. The predicted octanol–water partition coefficient (Wildman–Crippen LogP) is 3.24. The van der Waals surface area contributed by atoms with Gasteiger partial charge >= 0.3 is 0 Å². The van der Waals surface area contributed by atoms with Crippen molar-refractivity contribution in [2.24, 2.45) is 0 Å². The van der Waals surface area contributed by atoms with Crippen LogP contribution in [0.25, 0.3) is 0 Å². The van der Waals surface area contributed by atoms with E-state index in [1.54, 1.807) is 36.4 Å². The van der Waals surface area contributed by atoms with Crippen LogP contribution in [-0.4, -0.2) is 47.8 Å². The Labute approximate surface area is 172 Å². The van der Waals surface area contributed by atoms with Crippen molar-refractivity contribution in [1.29, 1.82) is 0 Å². The minimum Gasteiger partial charge on any atom is -0.394 e. The number of rotatable bonds is 4. The highest BCUT2D eigenvalue weighted by Crippen LogP contribution is 2.39. The first-order valence-electron chi connectivity index (χ1n) is 8.93. The number of fused-ring (bicyclic) bond motifs is 1. The van der Waals surface area contributed by atoms with Crippen LogP contribution in [0.15, 0.2) is 48.5 Å². The Bertz CT molecular complexity index is 819. The second-order valence-corrected chi connectivity index (χ2v) is 7.61. The molecule has 0 amide bonds. The molecule has 6 nitrogen and oxygen atoms in total. The Hall–Kier alpha value is -1.22. The number of ether oxygens (including phenoxy) is 4. The van der Waals surface area contributed by atoms with Crippen molar-refractivity contribution < 1.29 is 29.2 Å². The van der Waals surface area contributed by atoms with Crippen molar-refractivity contribution in [2.45, 2.75) is 37.0 Å². The van der Waals surface area contributed by atoms with Gasteiger partial charge in [0.1, 0.15) is 24.4 Å². The second kappa shape index (κ2) is 8.65. The Morgan fingerprint density at radius 1 is 0.929 bits per heavy atom. The van der Waals surface area contributed by atoms with Crippen molar-refractivity contribution in [1.82, 2.24) is 0 Å². The average molecular weight is 427 g/mol. The van der Waals surface area contributed by atoms with Crippen LogP contribution in [-0.2, 0) is 18.9 Å². The Kier molecular flexibility index (Phi) is 6.20. The van der Waals surface area contributed by atoms with Crippen molar-refractivity contribution in [3.05, 3.63) is 69.7 Å². The molecule has 0 aromatic heterocycles. The van der Waals surface area contributed by atoms with Gasteiger partial charge in [-0.15, -0.1) is 0 Å². The lowest BCUT2D eigenvalue weighted by atomic mass is 10.0. The molecule has 28 heavy (non-hydrogen) atoms. The maximum Gasteiger partial charge on any atom is 0.185 e. The van der Waals surface area contributed by atoms with Gasteiger partial charge in [-0.05, 0) is 24.3 Å². The maximum absolute atomic E-state index is 10.4. The monoisotopic (exact) mass is 426 g/mol. The summed E-state index contributed by atoms with van der Waals surface area (Å²) in [6.07, 6.45) is -4.58. The fourth-order valence-electron chi connectivity index (χ4n) is 3.42. The quantitative estimate of drug-likeness (QED) is 0.781. The standard InChI is InChI=1S/C20H20Cl2O6/c21-13-5-1-3-11(7-13)19-25-10-16-18(17(27-19)15(24)9-23)28-20(26-16)12-4-2-6-14(22)8-12/h1-8,15-20,23-24H,9-10H2/t15-,16+,17-,18-,19?,20?/m0/s1. The molecule has 2 aromatic carbocycles. The molecule has 0 bridgehead atoms. The summed E-state index contributed by atoms with van der Waals surface area (Å²) in [5, 5.41) is 21.0. The second-order valence-electron chi connectivity index (χ2n) is 6.73. The topological polar surface area (TPSA) is 77.4 Å². The molecule has 2 aliphatic rings. The van der Waals surface area contributed by atoms with E-state index in [-0.39, 0.29) is 6.61 Å². The van der Waals surface area contributed by atoms with Crippen LogP contribution < -0.4 is 0 Å². The Balaban J connectivity index is 1.57. The highest BCUT2D eigenvalue weighted by Gasteiger charge is 2.48. The summed E-state index contributed by atoms with van der Waals surface area (Å²) in [6, 6.07) is 14.2. The van der Waals surface area contributed by atoms with Crippen LogP contribution in [0.2, 0.25) is 10.0 Å². The van der Waals surface area contributed by atoms with Gasteiger partial charge in [-0.1, -0.05) is 47.5 Å². The largest absolute Gasteiger partial charge is 0.394 e. The third kappa shape index (κ3) is 4.20. The molecular formula is C20H20Cl2O6. The number of benzene rings is 2. The van der Waals surface area contributed by atoms with Crippen LogP contribution in [0.3, 0.4) is 0 Å². The van der Waals surface area contributed by atoms with E-state index >= 15 is 0 Å². The summed E-state index contributed by atoms with van der Waals surface area (Å²) >= 11 is 12.1. The number of hydrogen-bond donors (Lipinski definition) is 2. The molecule has 0 spiro atoms. The van der Waals surface area contributed by atoms with Gasteiger partial charge in [-0.3, -0.25) is 0 Å². The van der Waals surface area contributed by atoms with Gasteiger partial charge in [0, 0.05) is 21.2 Å². The number of halogens is 2. The van der Waals surface area contributed by atoms with Gasteiger partial charge in [0.15, 0.2) is 12.6 Å². The summed E-state index contributed by atoms with van der Waals surface area (Å²) in [6.45, 7) is -0.297. The molecule has 4 rings (SSSR count). The Morgan fingerprint density at radius 2 is 1.57 bits per heavy atom. The van der Waals surface area contributed by atoms with Crippen LogP contribution >= 0.6 is 23.2 Å². The van der Waals surface area contributed by atoms with E-state index in [9.17, 15) is 10.2 Å². The highest BCUT2D eigenvalue weighted by atomic mass is 35.5. The molecule has 2 fully saturated rings. The van der Waals surface area contributed by atoms with E-state index < -0.39 is 43.6 Å². The SMILES string of the molecule is OC[C@H](O)[C@@H]1OC(c2cccc(Cl)c2)OC[C@H]2OC(c3cccc(Cl)c3)O[C@H]12. The molecule has 2 saturated heterocycles. The van der Waals surface area contributed by atoms with Gasteiger partial charge < -0.3 is 29.2 Å². The van der Waals surface area contributed by atoms with Crippen molar-refractivity contribution in [3.63, 3.8) is 0 Å². The lowest BCUT2D eigenvalue weighted by Gasteiger charge is -2.28. The van der Waals surface area contributed by atoms with Crippen molar-refractivity contribution >= 4 is 23.2 Å². The minimum atomic E-state index is -1.17. The van der Waals surface area contributed by atoms with Gasteiger partial charge in [0.05, 0.1) is 13.2 Å². The Morgan fingerprint density at radius 3 is 2.18 bits per heavy atom. The molecule has 8 heteroatoms. The molecule has 6 atom stereocenters. The van der Waals surface area contributed by atoms with Gasteiger partial charge in [-0.25, -0.2) is 0 Å². The molecule has 0 aliphatic carbocycles. The predicted molar refractivity (Wildman–Crippen MR) is 102 cm³/mol. The van der Waals surface area contributed by atoms with E-state index in [1.807, 2.05) is 12.1 Å². The van der Waals surface area contributed by atoms with Gasteiger partial charge in [-0.2, -0.15) is 0 Å². The van der Waals surface area contributed by atoms with Gasteiger partial charge in [0.25, 0.3) is 0 Å². The summed E-state index contributed by atoms with van der Waals surface area (Å²) in [5.41, 5.74) is 1.46. The molecule has 2 heterocycles. The first-order chi connectivity index (χ1) is 13.5. The van der Waals surface area contributed by atoms with Crippen LogP contribution in [0.1, 0.15) is 23.7 Å². The minimum absolute atomic E-state index is 0.188. The fraction of sp³-hybridized carbons (Fsp3) is 0.400. The lowest BCUT2D eigenvalue weighted by molar-refractivity contribution is -0.216. The normalized spacial score (nSPS) is 31.2. The van der Waals surface area contributed by atoms with Crippen LogP contribution in [0, 0.1) is 0 Å². The molecular weight excluding hydrogens is 407 g/mol. The molecule has 2 N–H and O–H groups in total. The molecule has 2 aromatic rings. The molecule has 0 radical (unpaired) electrons. The van der Waals surface area contributed by atoms with E-state index in [1.165, 1.54) is 0 Å². The molecule has 2 aliphatic heterocycles. The first-order valence-corrected chi connectivity index (χ1v) is 9.68. The molecule has 0 saturated carbocycles. The summed E-state index contributed by atoms with van der Waals surface area (Å²) < 4.78 is 24.0. The summed E-state index contributed by atoms with van der Waals surface area (Å²) in [4.78, 5) is 0. The maximum atomic E-state index is 10.4. The zero-order chi connectivity index (χ0) is 19.7. The highest BCUT2D eigenvalue weighted by molar-refractivity contribution is 6.30. The number of aliphatic hydroxyl groups is 2. The summed E-state index contributed by atoms with van der Waals surface area (Å²) in [5.74, 6) is 0. The third-order valence-electron chi connectivity index (χ3n) is 4.77. The van der Waals surface area contributed by atoms with Gasteiger partial charge in [0.2, 0.25) is 0 Å². The average Bonchev–Trinajstić information content (AvgIpc) is 3.03. The third-order valence-corrected chi connectivity index (χ3v) is 5.24. The van der Waals surface area contributed by atoms with Crippen molar-refractivity contribution in [2.75, 3.05) is 13.2 Å². The lowest BCUT2D eigenvalue weighted by Crippen LogP contribution is -2.45. The fourth-order valence-corrected chi connectivity index (χ4v) is 3.81. The van der Waals surface area contributed by atoms with Crippen LogP contribution in [0.5, 0.6) is 0 Å². The number of hydrogen-bond acceptors (Lipinski definition) is 6. The molecule has 150 valence electrons. The first kappa shape index (κ1) is 20.1. The van der Waals surface area contributed by atoms with Crippen molar-refractivity contribution in [3.8, 4) is 0 Å². The van der Waals surface area contributed by atoms with E-state index in [2.05, 4.69) is 0 Å². The van der Waals surface area contributed by atoms with E-state index in [0.717, 1.165) is 5.56 Å². The van der Waals surface area contributed by atoms with E-state index in [0.29, 0.717) is 15.6 Å². The van der Waals surface area contributed by atoms with Crippen LogP contribution in [0.4, 0.5) is 0 Å².